The molecule has 1 unspecified atom stereocenters. The summed E-state index contributed by atoms with van der Waals surface area (Å²) in [5.74, 6) is 0.917. The Morgan fingerprint density at radius 1 is 1.00 bits per heavy atom. The third kappa shape index (κ3) is 5.44. The summed E-state index contributed by atoms with van der Waals surface area (Å²) in [7, 11) is 0. The Bertz CT molecular complexity index is 1600. The average Bonchev–Trinajstić information content (AvgIpc) is 3.36. The third-order valence-electron chi connectivity index (χ3n) is 10.6. The number of alkyl halides is 1. The van der Waals surface area contributed by atoms with Crippen molar-refractivity contribution < 1.29 is 23.9 Å². The van der Waals surface area contributed by atoms with Crippen molar-refractivity contribution in [1.82, 2.24) is 9.88 Å². The molecule has 4 fully saturated rings. The molecule has 238 valence electrons. The van der Waals surface area contributed by atoms with E-state index in [4.69, 9.17) is 26.8 Å². The van der Waals surface area contributed by atoms with Crippen molar-refractivity contribution >= 4 is 40.3 Å². The predicted molar refractivity (Wildman–Crippen MR) is 172 cm³/mol. The molecule has 45 heavy (non-hydrogen) atoms. The Hall–Kier alpha value is -3.36. The number of nitrogens with zero attached hydrogens (tertiary/aromatic N) is 1. The second kappa shape index (κ2) is 11.2. The second-order valence-corrected chi connectivity index (χ2v) is 15.2. The van der Waals surface area contributed by atoms with Gasteiger partial charge in [-0.05, 0) is 112 Å². The van der Waals surface area contributed by atoms with Crippen LogP contribution in [-0.4, -0.2) is 51.3 Å². The first kappa shape index (κ1) is 30.3. The first-order valence-corrected chi connectivity index (χ1v) is 16.7. The maximum atomic E-state index is 13.6. The summed E-state index contributed by atoms with van der Waals surface area (Å²) in [6.45, 7) is 5.43. The van der Waals surface area contributed by atoms with Gasteiger partial charge in [-0.15, -0.1) is 11.6 Å². The molecule has 3 atom stereocenters. The fourth-order valence-corrected chi connectivity index (χ4v) is 9.41. The van der Waals surface area contributed by atoms with Gasteiger partial charge in [-0.2, -0.15) is 0 Å². The van der Waals surface area contributed by atoms with Gasteiger partial charge >= 0.3 is 11.9 Å². The smallest absolute Gasteiger partial charge is 0.329 e. The molecule has 8 rings (SSSR count). The second-order valence-electron chi connectivity index (χ2n) is 14.9. The highest BCUT2D eigenvalue weighted by Gasteiger charge is 2.55. The van der Waals surface area contributed by atoms with E-state index < -0.39 is 29.7 Å². The normalized spacial score (nSPS) is 29.4. The van der Waals surface area contributed by atoms with E-state index in [9.17, 15) is 14.4 Å². The SMILES string of the molecule is CC(C)(C)OC(=O)[C@H]1Cc2c([nH]c3ccccc23)[C@H](c2ccc(OC(=O)C(N)C34CC5CC(CC(C5)C3)C4)cc2)N1C(=O)CCl. The van der Waals surface area contributed by atoms with E-state index in [1.165, 1.54) is 19.3 Å². The number of halogens is 1. The van der Waals surface area contributed by atoms with Crippen molar-refractivity contribution in [3.8, 4) is 5.75 Å². The lowest BCUT2D eigenvalue weighted by atomic mass is 9.48. The molecular formula is C36H42ClN3O5. The van der Waals surface area contributed by atoms with E-state index in [1.54, 1.807) is 17.0 Å². The molecule has 0 radical (unpaired) electrons. The molecule has 1 aromatic heterocycles. The van der Waals surface area contributed by atoms with Gasteiger partial charge in [0.2, 0.25) is 5.91 Å². The van der Waals surface area contributed by atoms with Crippen molar-refractivity contribution in [1.29, 1.82) is 0 Å². The van der Waals surface area contributed by atoms with Gasteiger partial charge in [0.1, 0.15) is 29.3 Å². The van der Waals surface area contributed by atoms with Crippen LogP contribution in [0, 0.1) is 23.2 Å². The summed E-state index contributed by atoms with van der Waals surface area (Å²) in [5, 5.41) is 0.994. The average molecular weight is 632 g/mol. The molecule has 8 nitrogen and oxygen atoms in total. The van der Waals surface area contributed by atoms with Gasteiger partial charge in [0.25, 0.3) is 0 Å². The number of H-pyrrole nitrogens is 1. The number of carbonyl (C=O) groups excluding carboxylic acids is 3. The van der Waals surface area contributed by atoms with Crippen LogP contribution in [0.1, 0.15) is 82.2 Å². The summed E-state index contributed by atoms with van der Waals surface area (Å²) in [6, 6.07) is 12.9. The Balaban J connectivity index is 1.19. The number of hydrogen-bond donors (Lipinski definition) is 2. The number of hydrogen-bond acceptors (Lipinski definition) is 6. The largest absolute Gasteiger partial charge is 0.458 e. The van der Waals surface area contributed by atoms with Gasteiger partial charge < -0.3 is 25.1 Å². The van der Waals surface area contributed by atoms with E-state index in [-0.39, 0.29) is 23.2 Å². The number of benzene rings is 2. The number of rotatable bonds is 6. The van der Waals surface area contributed by atoms with Crippen molar-refractivity contribution in [2.75, 3.05) is 5.88 Å². The lowest BCUT2D eigenvalue weighted by Gasteiger charge is -2.58. The van der Waals surface area contributed by atoms with E-state index in [1.807, 2.05) is 57.2 Å². The molecule has 9 heteroatoms. The van der Waals surface area contributed by atoms with Crippen molar-refractivity contribution in [2.24, 2.45) is 28.9 Å². The third-order valence-corrected chi connectivity index (χ3v) is 10.9. The number of aromatic amines is 1. The number of amides is 1. The summed E-state index contributed by atoms with van der Waals surface area (Å²) in [5.41, 5.74) is 9.24. The molecule has 0 saturated heterocycles. The van der Waals surface area contributed by atoms with E-state index in [0.29, 0.717) is 29.9 Å². The van der Waals surface area contributed by atoms with Gasteiger partial charge in [-0.3, -0.25) is 4.79 Å². The molecular weight excluding hydrogens is 590 g/mol. The first-order chi connectivity index (χ1) is 21.4. The molecule has 3 aromatic rings. The maximum Gasteiger partial charge on any atom is 0.329 e. The van der Waals surface area contributed by atoms with Gasteiger partial charge in [0.15, 0.2) is 0 Å². The Morgan fingerprint density at radius 3 is 2.22 bits per heavy atom. The van der Waals surface area contributed by atoms with Gasteiger partial charge in [0.05, 0.1) is 6.04 Å². The van der Waals surface area contributed by atoms with Crippen molar-refractivity contribution in [3.05, 3.63) is 65.4 Å². The Labute approximate surface area is 268 Å². The molecule has 3 N–H and O–H groups in total. The lowest BCUT2D eigenvalue weighted by Crippen LogP contribution is -2.58. The van der Waals surface area contributed by atoms with E-state index in [2.05, 4.69) is 4.98 Å². The molecule has 2 heterocycles. The topological polar surface area (TPSA) is 115 Å². The summed E-state index contributed by atoms with van der Waals surface area (Å²) >= 11 is 6.15. The summed E-state index contributed by atoms with van der Waals surface area (Å²) in [6.07, 6.45) is 7.19. The zero-order valence-corrected chi connectivity index (χ0v) is 26.9. The minimum Gasteiger partial charge on any atom is -0.458 e. The minimum atomic E-state index is -0.872. The van der Waals surface area contributed by atoms with Gasteiger partial charge in [-0.1, -0.05) is 30.3 Å². The van der Waals surface area contributed by atoms with E-state index >= 15 is 0 Å². The highest BCUT2D eigenvalue weighted by Crippen LogP contribution is 2.61. The number of aromatic nitrogens is 1. The number of carbonyl (C=O) groups is 3. The molecule has 5 aliphatic rings. The quantitative estimate of drug-likeness (QED) is 0.195. The molecule has 1 amide bonds. The van der Waals surface area contributed by atoms with Crippen LogP contribution >= 0.6 is 11.6 Å². The Morgan fingerprint density at radius 2 is 1.62 bits per heavy atom. The maximum absolute atomic E-state index is 13.6. The number of esters is 2. The number of fused-ring (bicyclic) bond motifs is 3. The van der Waals surface area contributed by atoms with Crippen LogP contribution in [0.5, 0.6) is 5.75 Å². The highest BCUT2D eigenvalue weighted by molar-refractivity contribution is 6.27. The first-order valence-electron chi connectivity index (χ1n) is 16.2. The predicted octanol–water partition coefficient (Wildman–Crippen LogP) is 6.04. The van der Waals surface area contributed by atoms with Crippen LogP contribution in [0.3, 0.4) is 0 Å². The fourth-order valence-electron chi connectivity index (χ4n) is 9.27. The summed E-state index contributed by atoms with van der Waals surface area (Å²) in [4.78, 5) is 45.6. The summed E-state index contributed by atoms with van der Waals surface area (Å²) < 4.78 is 11.7. The van der Waals surface area contributed by atoms with Crippen LogP contribution in [-0.2, 0) is 25.5 Å². The molecule has 4 aliphatic carbocycles. The number of para-hydroxylation sites is 1. The highest BCUT2D eigenvalue weighted by atomic mass is 35.5. The monoisotopic (exact) mass is 631 g/mol. The van der Waals surface area contributed by atoms with Crippen LogP contribution in [0.2, 0.25) is 0 Å². The zero-order valence-electron chi connectivity index (χ0n) is 26.2. The van der Waals surface area contributed by atoms with Crippen molar-refractivity contribution in [3.63, 3.8) is 0 Å². The van der Waals surface area contributed by atoms with Crippen LogP contribution in [0.15, 0.2) is 48.5 Å². The standard InChI is InChI=1S/C36H42ClN3O5/c1-35(2,3)45-33(42)28-15-26-25-6-4-5-7-27(25)39-30(26)31(40(28)29(41)19-37)23-8-10-24(11-9-23)44-34(43)32(38)36-16-20-12-21(17-36)14-22(13-20)18-36/h4-11,20-22,28,31-32,39H,12-19,38H2,1-3H3/t20?,21?,22?,28-,31+,32?,36?/m1/s1. The molecule has 0 spiro atoms. The molecule has 4 bridgehead atoms. The molecule has 2 aromatic carbocycles. The van der Waals surface area contributed by atoms with Crippen molar-refractivity contribution in [2.45, 2.75) is 89.4 Å². The van der Waals surface area contributed by atoms with Crippen LogP contribution in [0.25, 0.3) is 10.9 Å². The number of ether oxygens (including phenoxy) is 2. The zero-order chi connectivity index (χ0) is 31.7. The Kier molecular flexibility index (Phi) is 7.52. The number of nitrogens with two attached hydrogens (primary N) is 1. The van der Waals surface area contributed by atoms with Crippen LogP contribution < -0.4 is 10.5 Å². The van der Waals surface area contributed by atoms with E-state index in [0.717, 1.165) is 47.0 Å². The molecule has 1 aliphatic heterocycles. The minimum absolute atomic E-state index is 0.154. The van der Waals surface area contributed by atoms with Gasteiger partial charge in [0, 0.05) is 23.0 Å². The molecule has 4 saturated carbocycles. The number of nitrogens with one attached hydrogen (secondary N) is 1. The van der Waals surface area contributed by atoms with Crippen LogP contribution in [0.4, 0.5) is 0 Å². The van der Waals surface area contributed by atoms with Gasteiger partial charge in [-0.25, -0.2) is 9.59 Å². The fraction of sp³-hybridized carbons (Fsp3) is 0.528. The lowest BCUT2D eigenvalue weighted by molar-refractivity contribution is -0.166.